The molecule has 7 heteroatoms. The lowest BCUT2D eigenvalue weighted by molar-refractivity contribution is 0.0950. The third-order valence-corrected chi connectivity index (χ3v) is 4.06. The Morgan fingerprint density at radius 3 is 2.56 bits per heavy atom. The van der Waals surface area contributed by atoms with Crippen molar-refractivity contribution in [1.29, 1.82) is 0 Å². The van der Waals surface area contributed by atoms with Crippen molar-refractivity contribution in [2.75, 3.05) is 0 Å². The van der Waals surface area contributed by atoms with Crippen LogP contribution in [0.2, 0.25) is 0 Å². The van der Waals surface area contributed by atoms with Crippen LogP contribution in [0, 0.1) is 0 Å². The van der Waals surface area contributed by atoms with E-state index in [1.807, 2.05) is 60.7 Å². The van der Waals surface area contributed by atoms with E-state index in [9.17, 15) is 4.79 Å². The maximum Gasteiger partial charge on any atom is 0.255 e. The van der Waals surface area contributed by atoms with Crippen LogP contribution in [0.25, 0.3) is 11.3 Å². The van der Waals surface area contributed by atoms with Crippen molar-refractivity contribution >= 4 is 5.91 Å². The fourth-order valence-corrected chi connectivity index (χ4v) is 2.74. The van der Waals surface area contributed by atoms with E-state index in [0.717, 1.165) is 11.1 Å². The molecule has 0 fully saturated rings. The fraction of sp³-hybridized carbons (Fsp3) is 0.100. The Kier molecular flexibility index (Phi) is 4.74. The summed E-state index contributed by atoms with van der Waals surface area (Å²) in [5, 5.41) is 13.6. The summed E-state index contributed by atoms with van der Waals surface area (Å²) >= 11 is 0. The maximum atomic E-state index is 12.5. The van der Waals surface area contributed by atoms with Crippen LogP contribution < -0.4 is 5.32 Å². The van der Waals surface area contributed by atoms with Crippen molar-refractivity contribution in [2.45, 2.75) is 13.0 Å². The smallest absolute Gasteiger partial charge is 0.255 e. The fourth-order valence-electron chi connectivity index (χ4n) is 2.74. The number of aromatic amines is 1. The van der Waals surface area contributed by atoms with Gasteiger partial charge in [0.25, 0.3) is 5.91 Å². The highest BCUT2D eigenvalue weighted by molar-refractivity contribution is 5.99. The number of rotatable bonds is 6. The van der Waals surface area contributed by atoms with Gasteiger partial charge < -0.3 is 9.84 Å². The summed E-state index contributed by atoms with van der Waals surface area (Å²) in [6.45, 7) is 0.177. The number of hydrogen-bond donors (Lipinski definition) is 2. The number of nitrogens with zero attached hydrogens (tertiary/aromatic N) is 3. The second-order valence-electron chi connectivity index (χ2n) is 5.97. The van der Waals surface area contributed by atoms with Crippen LogP contribution in [0.4, 0.5) is 0 Å². The van der Waals surface area contributed by atoms with Crippen LogP contribution in [-0.4, -0.2) is 26.2 Å². The first-order chi connectivity index (χ1) is 13.3. The average Bonchev–Trinajstić information content (AvgIpc) is 3.37. The zero-order valence-electron chi connectivity index (χ0n) is 14.4. The van der Waals surface area contributed by atoms with Crippen LogP contribution in [0.1, 0.15) is 27.6 Å². The summed E-state index contributed by atoms with van der Waals surface area (Å²) in [6, 6.07) is 19.4. The van der Waals surface area contributed by atoms with Gasteiger partial charge in [-0.2, -0.15) is 10.1 Å². The Hall–Kier alpha value is -3.74. The molecule has 2 heterocycles. The highest BCUT2D eigenvalue weighted by atomic mass is 16.5. The zero-order valence-corrected chi connectivity index (χ0v) is 14.4. The molecule has 0 bridgehead atoms. The largest absolute Gasteiger partial charge is 0.344 e. The van der Waals surface area contributed by atoms with E-state index in [4.69, 9.17) is 4.52 Å². The Balaban J connectivity index is 1.40. The molecule has 0 saturated carbocycles. The van der Waals surface area contributed by atoms with Gasteiger partial charge in [-0.3, -0.25) is 9.89 Å². The van der Waals surface area contributed by atoms with Gasteiger partial charge in [-0.15, -0.1) is 0 Å². The molecule has 0 spiro atoms. The number of H-pyrrole nitrogens is 1. The second kappa shape index (κ2) is 7.65. The van der Waals surface area contributed by atoms with Gasteiger partial charge >= 0.3 is 0 Å². The number of benzene rings is 2. The van der Waals surface area contributed by atoms with E-state index < -0.39 is 0 Å². The number of carbonyl (C=O) groups excluding carboxylic acids is 1. The lowest BCUT2D eigenvalue weighted by Crippen LogP contribution is -2.23. The lowest BCUT2D eigenvalue weighted by atomic mass is 10.1. The van der Waals surface area contributed by atoms with Crippen molar-refractivity contribution in [3.05, 3.63) is 89.7 Å². The molecule has 0 aliphatic heterocycles. The monoisotopic (exact) mass is 359 g/mol. The summed E-state index contributed by atoms with van der Waals surface area (Å²) < 4.78 is 5.25. The molecule has 2 aromatic carbocycles. The first kappa shape index (κ1) is 16.7. The molecule has 134 valence electrons. The third-order valence-electron chi connectivity index (χ3n) is 4.06. The first-order valence-electron chi connectivity index (χ1n) is 8.52. The molecule has 2 aromatic heterocycles. The molecule has 7 nitrogen and oxygen atoms in total. The van der Waals surface area contributed by atoms with Crippen molar-refractivity contribution in [2.24, 2.45) is 0 Å². The van der Waals surface area contributed by atoms with Gasteiger partial charge in [-0.05, 0) is 5.56 Å². The molecular weight excluding hydrogens is 342 g/mol. The van der Waals surface area contributed by atoms with Gasteiger partial charge in [-0.25, -0.2) is 0 Å². The van der Waals surface area contributed by atoms with E-state index in [-0.39, 0.29) is 12.5 Å². The van der Waals surface area contributed by atoms with Crippen LogP contribution in [0.3, 0.4) is 0 Å². The number of amides is 1. The lowest BCUT2D eigenvalue weighted by Gasteiger charge is -2.03. The molecule has 0 aliphatic carbocycles. The molecule has 0 radical (unpaired) electrons. The minimum Gasteiger partial charge on any atom is -0.344 e. The van der Waals surface area contributed by atoms with Gasteiger partial charge in [0.15, 0.2) is 5.82 Å². The Morgan fingerprint density at radius 1 is 1.04 bits per heavy atom. The number of nitrogens with one attached hydrogen (secondary N) is 2. The molecule has 0 aliphatic rings. The first-order valence-corrected chi connectivity index (χ1v) is 8.52. The van der Waals surface area contributed by atoms with E-state index >= 15 is 0 Å². The number of aromatic nitrogens is 4. The van der Waals surface area contributed by atoms with E-state index in [1.165, 1.54) is 6.20 Å². The average molecular weight is 359 g/mol. The van der Waals surface area contributed by atoms with E-state index in [0.29, 0.717) is 29.4 Å². The predicted octanol–water partition coefficient (Wildman–Crippen LogP) is 2.98. The van der Waals surface area contributed by atoms with E-state index in [2.05, 4.69) is 25.7 Å². The Bertz CT molecular complexity index is 1020. The maximum absolute atomic E-state index is 12.5. The van der Waals surface area contributed by atoms with Gasteiger partial charge in [0.2, 0.25) is 5.89 Å². The van der Waals surface area contributed by atoms with Crippen LogP contribution in [0.15, 0.2) is 71.4 Å². The van der Waals surface area contributed by atoms with Gasteiger partial charge in [-0.1, -0.05) is 65.8 Å². The van der Waals surface area contributed by atoms with Crippen molar-refractivity contribution in [3.63, 3.8) is 0 Å². The normalized spacial score (nSPS) is 10.7. The predicted molar refractivity (Wildman–Crippen MR) is 98.7 cm³/mol. The Labute approximate surface area is 155 Å². The minimum absolute atomic E-state index is 0.177. The minimum atomic E-state index is -0.253. The molecule has 0 atom stereocenters. The zero-order chi connectivity index (χ0) is 18.5. The topological polar surface area (TPSA) is 96.7 Å². The summed E-state index contributed by atoms with van der Waals surface area (Å²) in [6.07, 6.45) is 2.07. The van der Waals surface area contributed by atoms with Crippen LogP contribution in [-0.2, 0) is 13.0 Å². The molecule has 4 rings (SSSR count). The number of hydrogen-bond acceptors (Lipinski definition) is 5. The van der Waals surface area contributed by atoms with Crippen LogP contribution >= 0.6 is 0 Å². The Morgan fingerprint density at radius 2 is 1.78 bits per heavy atom. The van der Waals surface area contributed by atoms with Crippen molar-refractivity contribution in [1.82, 2.24) is 25.7 Å². The van der Waals surface area contributed by atoms with Gasteiger partial charge in [0, 0.05) is 5.56 Å². The highest BCUT2D eigenvalue weighted by Gasteiger charge is 2.16. The molecule has 0 saturated heterocycles. The molecule has 4 aromatic rings. The number of carbonyl (C=O) groups is 1. The molecule has 2 N–H and O–H groups in total. The van der Waals surface area contributed by atoms with Crippen molar-refractivity contribution < 1.29 is 9.32 Å². The molecular formula is C20H17N5O2. The SMILES string of the molecule is O=C(NCc1noc(Cc2ccccc2)n1)c1cn[nH]c1-c1ccccc1. The second-order valence-corrected chi connectivity index (χ2v) is 5.97. The summed E-state index contributed by atoms with van der Waals surface area (Å²) in [4.78, 5) is 16.8. The van der Waals surface area contributed by atoms with Crippen molar-refractivity contribution in [3.8, 4) is 11.3 Å². The van der Waals surface area contributed by atoms with Gasteiger partial charge in [0.1, 0.15) is 0 Å². The van der Waals surface area contributed by atoms with Crippen LogP contribution in [0.5, 0.6) is 0 Å². The highest BCUT2D eigenvalue weighted by Crippen LogP contribution is 2.20. The third kappa shape index (κ3) is 3.92. The summed E-state index contributed by atoms with van der Waals surface area (Å²) in [5.41, 5.74) is 3.12. The standard InChI is InChI=1S/C20H17N5O2/c26-20(16-12-22-24-19(16)15-9-5-2-6-10-15)21-13-17-23-18(27-25-17)11-14-7-3-1-4-8-14/h1-10,12H,11,13H2,(H,21,26)(H,22,24). The summed E-state index contributed by atoms with van der Waals surface area (Å²) in [5.74, 6) is 0.690. The van der Waals surface area contributed by atoms with Gasteiger partial charge in [0.05, 0.1) is 30.4 Å². The molecule has 0 unspecified atom stereocenters. The van der Waals surface area contributed by atoms with E-state index in [1.54, 1.807) is 0 Å². The molecule has 27 heavy (non-hydrogen) atoms. The quantitative estimate of drug-likeness (QED) is 0.552. The molecule has 1 amide bonds. The summed E-state index contributed by atoms with van der Waals surface area (Å²) in [7, 11) is 0.